The number of hydrogen-bond donors (Lipinski definition) is 2. The van der Waals surface area contributed by atoms with E-state index < -0.39 is 39.5 Å². The van der Waals surface area contributed by atoms with Crippen molar-refractivity contribution in [1.29, 1.82) is 0 Å². The van der Waals surface area contributed by atoms with Gasteiger partial charge in [-0.3, -0.25) is 0 Å². The summed E-state index contributed by atoms with van der Waals surface area (Å²) in [5.74, 6) is -2.21. The first-order valence-electron chi connectivity index (χ1n) is 9.78. The zero-order valence-electron chi connectivity index (χ0n) is 17.7. The van der Waals surface area contributed by atoms with Crippen molar-refractivity contribution in [2.24, 2.45) is 5.92 Å². The molecule has 1 unspecified atom stereocenters. The van der Waals surface area contributed by atoms with Gasteiger partial charge in [-0.15, -0.1) is 0 Å². The van der Waals surface area contributed by atoms with Crippen LogP contribution in [0, 0.1) is 5.92 Å². The molecule has 32 heavy (non-hydrogen) atoms. The highest BCUT2D eigenvalue weighted by atomic mass is 32.2. The van der Waals surface area contributed by atoms with Crippen molar-refractivity contribution >= 4 is 31.7 Å². The molecule has 2 N–H and O–H groups in total. The average Bonchev–Trinajstić information content (AvgIpc) is 2.96. The predicted octanol–water partition coefficient (Wildman–Crippen LogP) is 3.63. The minimum absolute atomic E-state index is 0.237. The second-order valence-corrected chi connectivity index (χ2v) is 9.17. The molecule has 1 heterocycles. The Morgan fingerprint density at radius 3 is 1.88 bits per heavy atom. The maximum absolute atomic E-state index is 13.4. The van der Waals surface area contributed by atoms with Crippen molar-refractivity contribution in [2.75, 3.05) is 7.11 Å². The van der Waals surface area contributed by atoms with Crippen LogP contribution in [0.5, 0.6) is 0 Å². The van der Waals surface area contributed by atoms with Gasteiger partial charge < -0.3 is 19.9 Å². The number of rotatable bonds is 6. The summed E-state index contributed by atoms with van der Waals surface area (Å²) in [6.45, 7) is 3.39. The number of carbonyl (C=O) groups is 2. The fraction of sp³-hybridized carbons (Fsp3) is 0.217. The van der Waals surface area contributed by atoms with E-state index in [1.165, 1.54) is 31.4 Å². The summed E-state index contributed by atoms with van der Waals surface area (Å²) >= 11 is 0. The molecule has 1 aliphatic heterocycles. The maximum Gasteiger partial charge on any atom is 0.413 e. The number of benzene rings is 2. The molecule has 168 valence electrons. The minimum Gasteiger partial charge on any atom is -0.503 e. The third kappa shape index (κ3) is 4.38. The second-order valence-electron chi connectivity index (χ2n) is 7.35. The van der Waals surface area contributed by atoms with Gasteiger partial charge in [-0.1, -0.05) is 74.5 Å². The van der Waals surface area contributed by atoms with Gasteiger partial charge in [-0.25, -0.2) is 18.0 Å². The summed E-state index contributed by atoms with van der Waals surface area (Å²) in [5, 5.41) is 13.2. The molecule has 1 aliphatic rings. The first kappa shape index (κ1) is 23.1. The quantitative estimate of drug-likeness (QED) is 0.636. The van der Waals surface area contributed by atoms with E-state index >= 15 is 0 Å². The number of methoxy groups -OCH3 is 1. The molecule has 1 atom stereocenters. The Labute approximate surface area is 186 Å². The van der Waals surface area contributed by atoms with Crippen molar-refractivity contribution in [3.63, 3.8) is 0 Å². The predicted molar refractivity (Wildman–Crippen MR) is 119 cm³/mol. The third-order valence-corrected chi connectivity index (χ3v) is 6.76. The first-order valence-corrected chi connectivity index (χ1v) is 11.3. The zero-order valence-corrected chi connectivity index (χ0v) is 18.5. The fourth-order valence-electron chi connectivity index (χ4n) is 3.29. The van der Waals surface area contributed by atoms with Crippen LogP contribution in [-0.2, 0) is 24.1 Å². The molecule has 2 aromatic rings. The van der Waals surface area contributed by atoms with Gasteiger partial charge in [0.2, 0.25) is 9.84 Å². The molecule has 9 heteroatoms. The summed E-state index contributed by atoms with van der Waals surface area (Å²) in [7, 11) is -3.05. The number of sulfone groups is 1. The van der Waals surface area contributed by atoms with Crippen LogP contribution in [0.2, 0.25) is 0 Å². The van der Waals surface area contributed by atoms with Crippen molar-refractivity contribution in [3.8, 4) is 0 Å². The Hall–Kier alpha value is -3.59. The number of hydrogen-bond acceptors (Lipinski definition) is 7. The van der Waals surface area contributed by atoms with E-state index in [0.29, 0.717) is 0 Å². The monoisotopic (exact) mass is 457 g/mol. The molecule has 3 rings (SSSR count). The van der Waals surface area contributed by atoms with E-state index in [-0.39, 0.29) is 26.9 Å². The van der Waals surface area contributed by atoms with Crippen LogP contribution in [0.25, 0.3) is 9.81 Å². The van der Waals surface area contributed by atoms with Gasteiger partial charge in [0.15, 0.2) is 11.5 Å². The molecule has 0 aliphatic carbocycles. The van der Waals surface area contributed by atoms with Crippen molar-refractivity contribution in [2.45, 2.75) is 19.9 Å². The summed E-state index contributed by atoms with van der Waals surface area (Å²) in [6, 6.07) is 15.0. The fourth-order valence-corrected chi connectivity index (χ4v) is 5.11. The Balaban J connectivity index is 2.08. The van der Waals surface area contributed by atoms with Crippen LogP contribution in [0.4, 0.5) is 4.79 Å². The average molecular weight is 458 g/mol. The summed E-state index contributed by atoms with van der Waals surface area (Å²) < 4.78 is 36.8. The van der Waals surface area contributed by atoms with Gasteiger partial charge in [0.25, 0.3) is 0 Å². The molecule has 0 fully saturated rings. The SMILES string of the molecule is COC(=O)C(NC(=O)OC1=C(c2ccccc2)S(=O)(=O)C(c2ccccc2)=C1O)C(C)C. The highest BCUT2D eigenvalue weighted by Gasteiger charge is 2.42. The van der Waals surface area contributed by atoms with Gasteiger partial charge in [-0.05, 0) is 17.0 Å². The Morgan fingerprint density at radius 1 is 0.906 bits per heavy atom. The highest BCUT2D eigenvalue weighted by Crippen LogP contribution is 2.45. The lowest BCUT2D eigenvalue weighted by Gasteiger charge is -2.19. The topological polar surface area (TPSA) is 119 Å². The molecule has 2 aromatic carbocycles. The molecule has 0 saturated heterocycles. The van der Waals surface area contributed by atoms with E-state index in [2.05, 4.69) is 10.1 Å². The minimum atomic E-state index is -4.23. The van der Waals surface area contributed by atoms with Crippen LogP contribution >= 0.6 is 0 Å². The number of carbonyl (C=O) groups excluding carboxylic acids is 2. The van der Waals surface area contributed by atoms with Gasteiger partial charge in [0, 0.05) is 0 Å². The van der Waals surface area contributed by atoms with Crippen molar-refractivity contribution < 1.29 is 32.6 Å². The third-order valence-electron chi connectivity index (χ3n) is 4.84. The molecular formula is C23H23NO7S. The molecule has 0 spiro atoms. The van der Waals surface area contributed by atoms with Gasteiger partial charge in [0.05, 0.1) is 7.11 Å². The lowest BCUT2D eigenvalue weighted by molar-refractivity contribution is -0.144. The van der Waals surface area contributed by atoms with Crippen LogP contribution < -0.4 is 5.32 Å². The van der Waals surface area contributed by atoms with Gasteiger partial charge >= 0.3 is 12.1 Å². The van der Waals surface area contributed by atoms with Crippen LogP contribution in [0.1, 0.15) is 25.0 Å². The lowest BCUT2D eigenvalue weighted by Crippen LogP contribution is -2.45. The Kier molecular flexibility index (Phi) is 6.69. The van der Waals surface area contributed by atoms with E-state index in [1.807, 2.05) is 0 Å². The first-order chi connectivity index (χ1) is 15.2. The zero-order chi connectivity index (χ0) is 23.5. The number of nitrogens with one attached hydrogen (secondary N) is 1. The maximum atomic E-state index is 13.4. The largest absolute Gasteiger partial charge is 0.503 e. The van der Waals surface area contributed by atoms with Gasteiger partial charge in [-0.2, -0.15) is 0 Å². The number of aliphatic hydroxyl groups is 1. The van der Waals surface area contributed by atoms with Gasteiger partial charge in [0.1, 0.15) is 15.9 Å². The number of esters is 1. The van der Waals surface area contributed by atoms with Crippen LogP contribution in [-0.4, -0.2) is 38.7 Å². The van der Waals surface area contributed by atoms with Crippen molar-refractivity contribution in [3.05, 3.63) is 83.3 Å². The number of ether oxygens (including phenoxy) is 2. The lowest BCUT2D eigenvalue weighted by atomic mass is 10.1. The summed E-state index contributed by atoms with van der Waals surface area (Å²) in [4.78, 5) is 23.9. The van der Waals surface area contributed by atoms with E-state index in [0.717, 1.165) is 0 Å². The van der Waals surface area contributed by atoms with Crippen molar-refractivity contribution in [1.82, 2.24) is 5.32 Å². The molecular weight excluding hydrogens is 434 g/mol. The molecule has 8 nitrogen and oxygen atoms in total. The number of aliphatic hydroxyl groups excluding tert-OH is 1. The normalized spacial score (nSPS) is 16.1. The summed E-state index contributed by atoms with van der Waals surface area (Å²) in [5.41, 5.74) is 0.480. The second kappa shape index (κ2) is 9.27. The Morgan fingerprint density at radius 2 is 1.41 bits per heavy atom. The molecule has 0 radical (unpaired) electrons. The number of alkyl carbamates (subject to hydrolysis) is 1. The summed E-state index contributed by atoms with van der Waals surface area (Å²) in [6.07, 6.45) is -1.10. The smallest absolute Gasteiger partial charge is 0.413 e. The van der Waals surface area contributed by atoms with Crippen LogP contribution in [0.15, 0.2) is 72.2 Å². The number of amides is 1. The standard InChI is InChI=1S/C23H23NO7S/c1-14(2)17(22(26)30-3)24-23(27)31-19-18(25)20(15-10-6-4-7-11-15)32(28,29)21(19)16-12-8-5-9-13-16/h4-14,17,25H,1-3H3,(H,24,27). The molecule has 1 amide bonds. The van der Waals surface area contributed by atoms with Crippen LogP contribution in [0.3, 0.4) is 0 Å². The highest BCUT2D eigenvalue weighted by molar-refractivity contribution is 8.09. The van der Waals surface area contributed by atoms with E-state index in [9.17, 15) is 23.1 Å². The van der Waals surface area contributed by atoms with E-state index in [1.54, 1.807) is 50.2 Å². The van der Waals surface area contributed by atoms with E-state index in [4.69, 9.17) is 4.74 Å². The Bertz CT molecular complexity index is 1180. The molecule has 0 bridgehead atoms. The molecule has 0 aromatic heterocycles. The molecule has 0 saturated carbocycles.